The average Bonchev–Trinajstić information content (AvgIpc) is 2.33. The minimum Gasteiger partial charge on any atom is -0.320 e. The maximum atomic E-state index is 12.1. The summed E-state index contributed by atoms with van der Waals surface area (Å²) in [6, 6.07) is 4.87. The van der Waals surface area contributed by atoms with Gasteiger partial charge in [0.25, 0.3) is 5.91 Å². The van der Waals surface area contributed by atoms with Crippen molar-refractivity contribution in [3.8, 4) is 0 Å². The Balaban J connectivity index is 2.28. The summed E-state index contributed by atoms with van der Waals surface area (Å²) in [5, 5.41) is 3.61. The zero-order chi connectivity index (χ0) is 14.0. The van der Waals surface area contributed by atoms with E-state index in [9.17, 15) is 4.79 Å². The lowest BCUT2D eigenvalue weighted by molar-refractivity contribution is 0.102. The monoisotopic (exact) mass is 295 g/mol. The number of aromatic nitrogens is 2. The molecule has 0 unspecified atom stereocenters. The van der Waals surface area contributed by atoms with Crippen LogP contribution < -0.4 is 5.32 Å². The first-order valence-electron chi connectivity index (χ1n) is 5.54. The summed E-state index contributed by atoms with van der Waals surface area (Å²) in [6.07, 6.45) is 1.49. The molecule has 1 heterocycles. The van der Waals surface area contributed by atoms with E-state index in [4.69, 9.17) is 23.2 Å². The Labute approximate surface area is 120 Å². The molecule has 1 N–H and O–H groups in total. The second-order valence-corrected chi connectivity index (χ2v) is 4.84. The van der Waals surface area contributed by atoms with Crippen molar-refractivity contribution in [3.63, 3.8) is 0 Å². The van der Waals surface area contributed by atoms with Gasteiger partial charge in [0.15, 0.2) is 0 Å². The Morgan fingerprint density at radius 1 is 1.26 bits per heavy atom. The van der Waals surface area contributed by atoms with Gasteiger partial charge in [-0.3, -0.25) is 4.79 Å². The molecule has 0 saturated heterocycles. The lowest BCUT2D eigenvalue weighted by atomic mass is 10.2. The molecule has 1 aromatic heterocycles. The Morgan fingerprint density at radius 3 is 2.68 bits per heavy atom. The highest BCUT2D eigenvalue weighted by atomic mass is 35.5. The molecule has 0 bridgehead atoms. The molecule has 0 saturated carbocycles. The number of hydrogen-bond donors (Lipinski definition) is 1. The molecule has 4 nitrogen and oxygen atoms in total. The van der Waals surface area contributed by atoms with Crippen molar-refractivity contribution >= 4 is 34.8 Å². The molecule has 1 amide bonds. The lowest BCUT2D eigenvalue weighted by Gasteiger charge is -2.09. The molecule has 19 heavy (non-hydrogen) atoms. The number of benzene rings is 1. The molecular weight excluding hydrogens is 285 g/mol. The molecule has 2 aromatic rings. The van der Waals surface area contributed by atoms with Crippen molar-refractivity contribution in [2.75, 3.05) is 5.32 Å². The van der Waals surface area contributed by atoms with E-state index in [1.54, 1.807) is 32.0 Å². The number of anilines is 1. The molecule has 0 aliphatic heterocycles. The second kappa shape index (κ2) is 5.55. The van der Waals surface area contributed by atoms with Crippen molar-refractivity contribution in [2.45, 2.75) is 13.8 Å². The Morgan fingerprint density at radius 2 is 2.00 bits per heavy atom. The fourth-order valence-electron chi connectivity index (χ4n) is 1.59. The fraction of sp³-hybridized carbons (Fsp3) is 0.154. The molecule has 6 heteroatoms. The van der Waals surface area contributed by atoms with Crippen LogP contribution in [0.25, 0.3) is 0 Å². The number of carbonyl (C=O) groups excluding carboxylic acids is 1. The first kappa shape index (κ1) is 13.8. The van der Waals surface area contributed by atoms with Crippen LogP contribution in [0.2, 0.25) is 10.0 Å². The number of nitrogens with zero attached hydrogens (tertiary/aromatic N) is 2. The van der Waals surface area contributed by atoms with Crippen LogP contribution in [-0.4, -0.2) is 15.9 Å². The van der Waals surface area contributed by atoms with Gasteiger partial charge in [0.1, 0.15) is 5.82 Å². The van der Waals surface area contributed by atoms with Gasteiger partial charge in [-0.1, -0.05) is 23.2 Å². The highest BCUT2D eigenvalue weighted by molar-refractivity contribution is 6.35. The number of aryl methyl sites for hydroxylation is 2. The van der Waals surface area contributed by atoms with E-state index in [0.717, 1.165) is 0 Å². The highest BCUT2D eigenvalue weighted by Gasteiger charge is 2.13. The van der Waals surface area contributed by atoms with E-state index in [1.807, 2.05) is 0 Å². The summed E-state index contributed by atoms with van der Waals surface area (Å²) in [4.78, 5) is 20.3. The molecule has 0 aliphatic carbocycles. The van der Waals surface area contributed by atoms with Gasteiger partial charge in [0.05, 0.1) is 22.0 Å². The predicted octanol–water partition coefficient (Wildman–Crippen LogP) is 3.65. The topological polar surface area (TPSA) is 54.9 Å². The fourth-order valence-corrected chi connectivity index (χ4v) is 1.93. The maximum absolute atomic E-state index is 12.1. The van der Waals surface area contributed by atoms with Gasteiger partial charge >= 0.3 is 0 Å². The lowest BCUT2D eigenvalue weighted by Crippen LogP contribution is -2.15. The van der Waals surface area contributed by atoms with E-state index in [0.29, 0.717) is 32.8 Å². The summed E-state index contributed by atoms with van der Waals surface area (Å²) < 4.78 is 0. The largest absolute Gasteiger partial charge is 0.320 e. The third kappa shape index (κ3) is 3.22. The summed E-state index contributed by atoms with van der Waals surface area (Å²) >= 11 is 11.9. The minimum atomic E-state index is -0.318. The van der Waals surface area contributed by atoms with Gasteiger partial charge in [0, 0.05) is 11.2 Å². The smallest absolute Gasteiger partial charge is 0.259 e. The quantitative estimate of drug-likeness (QED) is 0.920. The first-order chi connectivity index (χ1) is 8.97. The minimum absolute atomic E-state index is 0.318. The molecule has 0 atom stereocenters. The number of nitrogens with one attached hydrogen (secondary N) is 1. The van der Waals surface area contributed by atoms with Crippen molar-refractivity contribution in [2.24, 2.45) is 0 Å². The van der Waals surface area contributed by atoms with E-state index in [2.05, 4.69) is 15.3 Å². The van der Waals surface area contributed by atoms with Gasteiger partial charge in [-0.15, -0.1) is 0 Å². The Bertz CT molecular complexity index is 644. The van der Waals surface area contributed by atoms with Gasteiger partial charge < -0.3 is 5.32 Å². The van der Waals surface area contributed by atoms with Crippen LogP contribution in [-0.2, 0) is 0 Å². The third-order valence-electron chi connectivity index (χ3n) is 2.52. The van der Waals surface area contributed by atoms with Crippen LogP contribution in [0.15, 0.2) is 24.4 Å². The van der Waals surface area contributed by atoms with Gasteiger partial charge in [-0.2, -0.15) is 0 Å². The maximum Gasteiger partial charge on any atom is 0.259 e. The van der Waals surface area contributed by atoms with Crippen molar-refractivity contribution < 1.29 is 4.79 Å². The van der Waals surface area contributed by atoms with Gasteiger partial charge in [0.2, 0.25) is 0 Å². The van der Waals surface area contributed by atoms with E-state index >= 15 is 0 Å². The second-order valence-electron chi connectivity index (χ2n) is 3.99. The van der Waals surface area contributed by atoms with Crippen LogP contribution in [0.5, 0.6) is 0 Å². The molecule has 2 rings (SSSR count). The number of carbonyl (C=O) groups is 1. The predicted molar refractivity (Wildman–Crippen MR) is 75.9 cm³/mol. The van der Waals surface area contributed by atoms with Crippen molar-refractivity contribution in [3.05, 3.63) is 51.5 Å². The van der Waals surface area contributed by atoms with Crippen LogP contribution in [0.1, 0.15) is 21.9 Å². The summed E-state index contributed by atoms with van der Waals surface area (Å²) in [6.45, 7) is 3.52. The van der Waals surface area contributed by atoms with E-state index in [1.165, 1.54) is 6.20 Å². The normalized spacial score (nSPS) is 10.3. The van der Waals surface area contributed by atoms with Gasteiger partial charge in [-0.25, -0.2) is 9.97 Å². The molecule has 0 fully saturated rings. The molecular formula is C13H11Cl2N3O. The highest BCUT2D eigenvalue weighted by Crippen LogP contribution is 2.26. The summed E-state index contributed by atoms with van der Waals surface area (Å²) in [5.74, 6) is 0.302. The number of hydrogen-bond acceptors (Lipinski definition) is 3. The molecule has 1 aromatic carbocycles. The summed E-state index contributed by atoms with van der Waals surface area (Å²) in [7, 11) is 0. The Kier molecular flexibility index (Phi) is 4.02. The van der Waals surface area contributed by atoms with Crippen LogP contribution in [0, 0.1) is 13.8 Å². The average molecular weight is 296 g/mol. The van der Waals surface area contributed by atoms with E-state index in [-0.39, 0.29) is 5.91 Å². The zero-order valence-corrected chi connectivity index (χ0v) is 11.9. The van der Waals surface area contributed by atoms with Gasteiger partial charge in [-0.05, 0) is 32.0 Å². The molecule has 98 valence electrons. The SMILES string of the molecule is Cc1ncc(C(=O)Nc2cc(Cl)ccc2Cl)c(C)n1. The molecule has 0 spiro atoms. The number of rotatable bonds is 2. The zero-order valence-electron chi connectivity index (χ0n) is 10.4. The standard InChI is InChI=1S/C13H11Cl2N3O/c1-7-10(6-16-8(2)17-7)13(19)18-12-5-9(14)3-4-11(12)15/h3-6H,1-2H3,(H,18,19). The van der Waals surface area contributed by atoms with Crippen LogP contribution >= 0.6 is 23.2 Å². The van der Waals surface area contributed by atoms with Crippen LogP contribution in [0.4, 0.5) is 5.69 Å². The molecule has 0 radical (unpaired) electrons. The van der Waals surface area contributed by atoms with Crippen molar-refractivity contribution in [1.82, 2.24) is 9.97 Å². The van der Waals surface area contributed by atoms with Crippen LogP contribution in [0.3, 0.4) is 0 Å². The number of halogens is 2. The molecule has 0 aliphatic rings. The third-order valence-corrected chi connectivity index (χ3v) is 3.09. The summed E-state index contributed by atoms with van der Waals surface area (Å²) in [5.41, 5.74) is 1.48. The van der Waals surface area contributed by atoms with Crippen molar-refractivity contribution in [1.29, 1.82) is 0 Å². The number of amides is 1. The Hall–Kier alpha value is -1.65. The first-order valence-corrected chi connectivity index (χ1v) is 6.29. The van der Waals surface area contributed by atoms with E-state index < -0.39 is 0 Å².